The molecule has 4 nitrogen and oxygen atoms in total. The van der Waals surface area contributed by atoms with Crippen molar-refractivity contribution in [1.29, 1.82) is 0 Å². The van der Waals surface area contributed by atoms with Crippen molar-refractivity contribution in [3.63, 3.8) is 0 Å². The van der Waals surface area contributed by atoms with E-state index >= 15 is 0 Å². The summed E-state index contributed by atoms with van der Waals surface area (Å²) in [6, 6.07) is 9.50. The first-order chi connectivity index (χ1) is 9.75. The van der Waals surface area contributed by atoms with E-state index in [9.17, 15) is 5.11 Å². The van der Waals surface area contributed by atoms with Crippen LogP contribution in [0.3, 0.4) is 0 Å². The van der Waals surface area contributed by atoms with Gasteiger partial charge in [-0.15, -0.1) is 11.3 Å². The second-order valence-corrected chi connectivity index (χ2v) is 5.56. The third-order valence-electron chi connectivity index (χ3n) is 2.97. The maximum Gasteiger partial charge on any atom is 0.139 e. The molecular formula is C14H12ClN3OS. The first-order valence-corrected chi connectivity index (χ1v) is 7.36. The number of aromatic nitrogens is 2. The Morgan fingerprint density at radius 1 is 1.25 bits per heavy atom. The van der Waals surface area contributed by atoms with Gasteiger partial charge in [0, 0.05) is 11.9 Å². The van der Waals surface area contributed by atoms with Gasteiger partial charge in [-0.3, -0.25) is 0 Å². The standard InChI is InChI=1S/C14H12ClN3OS/c15-10-7-20-14-12(10)13(17-8-18-14)16-6-11(19)9-4-2-1-3-5-9/h1-5,7-8,11,19H,6H2,(H,16,17,18)/t11-/m0/s1. The smallest absolute Gasteiger partial charge is 0.139 e. The zero-order chi connectivity index (χ0) is 13.9. The van der Waals surface area contributed by atoms with E-state index in [0.29, 0.717) is 17.4 Å². The summed E-state index contributed by atoms with van der Waals surface area (Å²) in [5.41, 5.74) is 0.863. The number of aliphatic hydroxyl groups is 1. The van der Waals surface area contributed by atoms with Gasteiger partial charge in [-0.25, -0.2) is 9.97 Å². The van der Waals surface area contributed by atoms with Crippen molar-refractivity contribution < 1.29 is 5.11 Å². The molecule has 0 radical (unpaired) electrons. The number of thiophene rings is 1. The van der Waals surface area contributed by atoms with Crippen molar-refractivity contribution in [1.82, 2.24) is 9.97 Å². The van der Waals surface area contributed by atoms with Crippen LogP contribution in [0.2, 0.25) is 5.02 Å². The summed E-state index contributed by atoms with van der Waals surface area (Å²) < 4.78 is 0. The molecule has 0 saturated carbocycles. The molecule has 0 saturated heterocycles. The molecule has 1 atom stereocenters. The van der Waals surface area contributed by atoms with E-state index in [2.05, 4.69) is 15.3 Å². The summed E-state index contributed by atoms with van der Waals surface area (Å²) in [7, 11) is 0. The van der Waals surface area contributed by atoms with Crippen LogP contribution in [-0.4, -0.2) is 21.6 Å². The Morgan fingerprint density at radius 3 is 2.85 bits per heavy atom. The number of fused-ring (bicyclic) bond motifs is 1. The summed E-state index contributed by atoms with van der Waals surface area (Å²) in [5.74, 6) is 0.649. The highest BCUT2D eigenvalue weighted by atomic mass is 35.5. The number of halogens is 1. The fourth-order valence-electron chi connectivity index (χ4n) is 1.96. The highest BCUT2D eigenvalue weighted by molar-refractivity contribution is 7.17. The molecule has 2 heterocycles. The van der Waals surface area contributed by atoms with E-state index in [1.54, 1.807) is 0 Å². The van der Waals surface area contributed by atoms with Crippen LogP contribution in [0, 0.1) is 0 Å². The SMILES string of the molecule is O[C@@H](CNc1ncnc2scc(Cl)c12)c1ccccc1. The molecule has 3 aromatic rings. The minimum absolute atomic E-state index is 0.363. The van der Waals surface area contributed by atoms with Gasteiger partial charge in [0.05, 0.1) is 16.5 Å². The van der Waals surface area contributed by atoms with E-state index in [1.165, 1.54) is 17.7 Å². The first kappa shape index (κ1) is 13.3. The van der Waals surface area contributed by atoms with E-state index in [-0.39, 0.29) is 0 Å². The molecule has 0 unspecified atom stereocenters. The minimum atomic E-state index is -0.598. The molecular weight excluding hydrogens is 294 g/mol. The number of hydrogen-bond acceptors (Lipinski definition) is 5. The van der Waals surface area contributed by atoms with E-state index in [0.717, 1.165) is 15.8 Å². The lowest BCUT2D eigenvalue weighted by Crippen LogP contribution is -2.13. The van der Waals surface area contributed by atoms with Gasteiger partial charge in [0.2, 0.25) is 0 Å². The average molecular weight is 306 g/mol. The lowest BCUT2D eigenvalue weighted by molar-refractivity contribution is 0.191. The molecule has 20 heavy (non-hydrogen) atoms. The minimum Gasteiger partial charge on any atom is -0.387 e. The summed E-state index contributed by atoms with van der Waals surface area (Å²) >= 11 is 7.61. The van der Waals surface area contributed by atoms with Crippen LogP contribution in [-0.2, 0) is 0 Å². The largest absolute Gasteiger partial charge is 0.387 e. The van der Waals surface area contributed by atoms with Gasteiger partial charge in [0.15, 0.2) is 0 Å². The lowest BCUT2D eigenvalue weighted by atomic mass is 10.1. The predicted molar refractivity (Wildman–Crippen MR) is 82.3 cm³/mol. The van der Waals surface area contributed by atoms with Crippen LogP contribution >= 0.6 is 22.9 Å². The van der Waals surface area contributed by atoms with Gasteiger partial charge in [-0.1, -0.05) is 41.9 Å². The predicted octanol–water partition coefficient (Wildman–Crippen LogP) is 3.49. The molecule has 1 aromatic carbocycles. The molecule has 0 aliphatic heterocycles. The van der Waals surface area contributed by atoms with Crippen LogP contribution < -0.4 is 5.32 Å². The number of benzene rings is 1. The van der Waals surface area contributed by atoms with Crippen molar-refractivity contribution in [3.8, 4) is 0 Å². The van der Waals surface area contributed by atoms with Crippen molar-refractivity contribution in [2.45, 2.75) is 6.10 Å². The Labute approximate surface area is 125 Å². The third-order valence-corrected chi connectivity index (χ3v) is 4.29. The molecule has 102 valence electrons. The number of aliphatic hydroxyl groups excluding tert-OH is 1. The molecule has 0 bridgehead atoms. The Balaban J connectivity index is 1.79. The molecule has 0 fully saturated rings. The number of rotatable bonds is 4. The highest BCUT2D eigenvalue weighted by Crippen LogP contribution is 2.32. The summed E-state index contributed by atoms with van der Waals surface area (Å²) in [6.45, 7) is 0.363. The van der Waals surface area contributed by atoms with Gasteiger partial charge >= 0.3 is 0 Å². The Bertz CT molecular complexity index is 717. The van der Waals surface area contributed by atoms with Crippen LogP contribution in [0.25, 0.3) is 10.2 Å². The van der Waals surface area contributed by atoms with E-state index < -0.39 is 6.10 Å². The fraction of sp³-hybridized carbons (Fsp3) is 0.143. The van der Waals surface area contributed by atoms with Gasteiger partial charge < -0.3 is 10.4 Å². The summed E-state index contributed by atoms with van der Waals surface area (Å²) in [6.07, 6.45) is 0.894. The van der Waals surface area contributed by atoms with Crippen LogP contribution in [0.1, 0.15) is 11.7 Å². The normalized spacial score (nSPS) is 12.5. The number of nitrogens with one attached hydrogen (secondary N) is 1. The molecule has 2 aromatic heterocycles. The van der Waals surface area contributed by atoms with Gasteiger partial charge in [-0.2, -0.15) is 0 Å². The van der Waals surface area contributed by atoms with Gasteiger partial charge in [0.25, 0.3) is 0 Å². The zero-order valence-corrected chi connectivity index (χ0v) is 12.0. The maximum atomic E-state index is 10.1. The van der Waals surface area contributed by atoms with Crippen LogP contribution in [0.15, 0.2) is 42.0 Å². The van der Waals surface area contributed by atoms with Crippen molar-refractivity contribution in [2.24, 2.45) is 0 Å². The van der Waals surface area contributed by atoms with Crippen molar-refractivity contribution in [3.05, 3.63) is 52.6 Å². The van der Waals surface area contributed by atoms with Crippen molar-refractivity contribution in [2.75, 3.05) is 11.9 Å². The average Bonchev–Trinajstić information content (AvgIpc) is 2.88. The topological polar surface area (TPSA) is 58.0 Å². The molecule has 6 heteroatoms. The van der Waals surface area contributed by atoms with E-state index in [1.807, 2.05) is 35.7 Å². The molecule has 0 amide bonds. The maximum absolute atomic E-state index is 10.1. The van der Waals surface area contributed by atoms with Crippen LogP contribution in [0.4, 0.5) is 5.82 Å². The summed E-state index contributed by atoms with van der Waals surface area (Å²) in [4.78, 5) is 9.20. The second-order valence-electron chi connectivity index (χ2n) is 4.29. The first-order valence-electron chi connectivity index (χ1n) is 6.10. The summed E-state index contributed by atoms with van der Waals surface area (Å²) in [5, 5.41) is 16.5. The number of nitrogens with zero attached hydrogens (tertiary/aromatic N) is 2. The Hall–Kier alpha value is -1.69. The van der Waals surface area contributed by atoms with E-state index in [4.69, 9.17) is 11.6 Å². The zero-order valence-electron chi connectivity index (χ0n) is 10.5. The second kappa shape index (κ2) is 5.75. The lowest BCUT2D eigenvalue weighted by Gasteiger charge is -2.13. The van der Waals surface area contributed by atoms with Crippen LogP contribution in [0.5, 0.6) is 0 Å². The monoisotopic (exact) mass is 305 g/mol. The molecule has 0 aliphatic rings. The third kappa shape index (κ3) is 2.60. The quantitative estimate of drug-likeness (QED) is 0.774. The Kier molecular flexibility index (Phi) is 3.82. The number of hydrogen-bond donors (Lipinski definition) is 2. The van der Waals surface area contributed by atoms with Crippen molar-refractivity contribution >= 4 is 39.0 Å². The molecule has 0 aliphatic carbocycles. The van der Waals surface area contributed by atoms with Gasteiger partial charge in [-0.05, 0) is 5.56 Å². The molecule has 0 spiro atoms. The molecule has 3 rings (SSSR count). The Morgan fingerprint density at radius 2 is 2.05 bits per heavy atom. The number of anilines is 1. The van der Waals surface area contributed by atoms with Gasteiger partial charge in [0.1, 0.15) is 17.0 Å². The highest BCUT2D eigenvalue weighted by Gasteiger charge is 2.12. The fourth-order valence-corrected chi connectivity index (χ4v) is 3.10. The molecule has 2 N–H and O–H groups in total.